The van der Waals surface area contributed by atoms with Gasteiger partial charge in [0.15, 0.2) is 0 Å². The quantitative estimate of drug-likeness (QED) is 0.789. The summed E-state index contributed by atoms with van der Waals surface area (Å²) in [5.74, 6) is 1.70. The summed E-state index contributed by atoms with van der Waals surface area (Å²) in [5, 5.41) is 3.90. The summed E-state index contributed by atoms with van der Waals surface area (Å²) in [6, 6.07) is 9.59. The number of likely N-dealkylation sites (N-methyl/N-ethyl adjacent to an activating group) is 1. The summed E-state index contributed by atoms with van der Waals surface area (Å²) in [6.45, 7) is 4.82. The van der Waals surface area contributed by atoms with Crippen LogP contribution in [-0.2, 0) is 11.2 Å². The maximum atomic E-state index is 12.1. The summed E-state index contributed by atoms with van der Waals surface area (Å²) in [6.07, 6.45) is 1.11. The Bertz CT molecular complexity index is 588. The van der Waals surface area contributed by atoms with E-state index < -0.39 is 0 Å². The molecule has 1 aromatic heterocycles. The number of aryl methyl sites for hydroxylation is 2. The van der Waals surface area contributed by atoms with E-state index >= 15 is 0 Å². The van der Waals surface area contributed by atoms with Crippen LogP contribution in [0.3, 0.4) is 0 Å². The Kier molecular flexibility index (Phi) is 5.58. The molecule has 0 atom stereocenters. The first-order valence-electron chi connectivity index (χ1n) is 7.41. The topological polar surface area (TPSA) is 55.6 Å². The lowest BCUT2D eigenvalue weighted by molar-refractivity contribution is -0.130. The van der Waals surface area contributed by atoms with Crippen LogP contribution in [0.25, 0.3) is 0 Å². The predicted octanol–water partition coefficient (Wildman–Crippen LogP) is 2.76. The van der Waals surface area contributed by atoms with Crippen LogP contribution in [0.5, 0.6) is 5.75 Å². The fourth-order valence-corrected chi connectivity index (χ4v) is 2.22. The minimum absolute atomic E-state index is 0.0941. The lowest BCUT2D eigenvalue weighted by Crippen LogP contribution is -2.31. The van der Waals surface area contributed by atoms with E-state index in [0.717, 1.165) is 22.8 Å². The molecule has 0 bridgehead atoms. The van der Waals surface area contributed by atoms with E-state index in [2.05, 4.69) is 5.16 Å². The molecule has 0 saturated carbocycles. The normalized spacial score (nSPS) is 10.5. The van der Waals surface area contributed by atoms with Crippen LogP contribution in [0.4, 0.5) is 0 Å². The summed E-state index contributed by atoms with van der Waals surface area (Å²) in [5.41, 5.74) is 1.89. The van der Waals surface area contributed by atoms with Crippen LogP contribution in [0.15, 0.2) is 34.9 Å². The van der Waals surface area contributed by atoms with Crippen molar-refractivity contribution in [3.8, 4) is 5.75 Å². The number of carbonyl (C=O) groups excluding carboxylic acids is 1. The van der Waals surface area contributed by atoms with Gasteiger partial charge < -0.3 is 14.2 Å². The monoisotopic (exact) mass is 302 g/mol. The van der Waals surface area contributed by atoms with Crippen molar-refractivity contribution in [1.29, 1.82) is 0 Å². The second-order valence-electron chi connectivity index (χ2n) is 5.28. The molecule has 0 fully saturated rings. The molecule has 0 unspecified atom stereocenters. The van der Waals surface area contributed by atoms with Crippen LogP contribution < -0.4 is 4.74 Å². The first-order chi connectivity index (χ1) is 10.6. The van der Waals surface area contributed by atoms with Crippen LogP contribution in [-0.4, -0.2) is 36.2 Å². The third-order valence-electron chi connectivity index (χ3n) is 3.63. The van der Waals surface area contributed by atoms with Gasteiger partial charge in [-0.3, -0.25) is 4.79 Å². The molecule has 1 aromatic carbocycles. The zero-order chi connectivity index (χ0) is 15.9. The van der Waals surface area contributed by atoms with E-state index in [-0.39, 0.29) is 5.91 Å². The number of aromatic nitrogens is 1. The lowest BCUT2D eigenvalue weighted by Gasteiger charge is -2.17. The number of para-hydroxylation sites is 1. The largest absolute Gasteiger partial charge is 0.492 e. The number of benzene rings is 1. The number of hydrogen-bond acceptors (Lipinski definition) is 4. The van der Waals surface area contributed by atoms with E-state index in [1.165, 1.54) is 0 Å². The van der Waals surface area contributed by atoms with Crippen LogP contribution >= 0.6 is 0 Å². The second kappa shape index (κ2) is 7.64. The first kappa shape index (κ1) is 16.1. The zero-order valence-electron chi connectivity index (χ0n) is 13.3. The van der Waals surface area contributed by atoms with Gasteiger partial charge in [0.25, 0.3) is 0 Å². The van der Waals surface area contributed by atoms with E-state index in [4.69, 9.17) is 9.26 Å². The highest BCUT2D eigenvalue weighted by atomic mass is 16.5. The molecule has 0 spiro atoms. The van der Waals surface area contributed by atoms with E-state index in [9.17, 15) is 4.79 Å². The SMILES string of the molecule is Cc1noc(C)c1CCC(=O)N(C)CCOc1ccccc1. The molecule has 5 heteroatoms. The Morgan fingerprint density at radius 3 is 2.64 bits per heavy atom. The number of amides is 1. The Hall–Kier alpha value is -2.30. The maximum absolute atomic E-state index is 12.1. The van der Waals surface area contributed by atoms with E-state index in [1.54, 1.807) is 11.9 Å². The average Bonchev–Trinajstić information content (AvgIpc) is 2.84. The minimum Gasteiger partial charge on any atom is -0.492 e. The molecule has 5 nitrogen and oxygen atoms in total. The van der Waals surface area contributed by atoms with Gasteiger partial charge in [0, 0.05) is 19.0 Å². The molecular formula is C17H22N2O3. The summed E-state index contributed by atoms with van der Waals surface area (Å²) in [4.78, 5) is 13.8. The molecule has 0 aliphatic heterocycles. The van der Waals surface area contributed by atoms with Gasteiger partial charge in [-0.1, -0.05) is 23.4 Å². The smallest absolute Gasteiger partial charge is 0.222 e. The first-order valence-corrected chi connectivity index (χ1v) is 7.41. The van der Waals surface area contributed by atoms with Crippen molar-refractivity contribution in [3.63, 3.8) is 0 Å². The Morgan fingerprint density at radius 1 is 1.27 bits per heavy atom. The number of carbonyl (C=O) groups is 1. The lowest BCUT2D eigenvalue weighted by atomic mass is 10.1. The third-order valence-corrected chi connectivity index (χ3v) is 3.63. The number of ether oxygens (including phenoxy) is 1. The van der Waals surface area contributed by atoms with Crippen molar-refractivity contribution in [2.45, 2.75) is 26.7 Å². The van der Waals surface area contributed by atoms with Gasteiger partial charge >= 0.3 is 0 Å². The van der Waals surface area contributed by atoms with Crippen molar-refractivity contribution in [3.05, 3.63) is 47.3 Å². The van der Waals surface area contributed by atoms with Gasteiger partial charge in [-0.05, 0) is 32.4 Å². The number of rotatable bonds is 7. The third kappa shape index (κ3) is 4.35. The molecule has 0 aliphatic rings. The molecule has 0 radical (unpaired) electrons. The molecule has 22 heavy (non-hydrogen) atoms. The molecule has 0 saturated heterocycles. The van der Waals surface area contributed by atoms with Crippen molar-refractivity contribution >= 4 is 5.91 Å². The Morgan fingerprint density at radius 2 is 2.00 bits per heavy atom. The highest BCUT2D eigenvalue weighted by Gasteiger charge is 2.13. The highest BCUT2D eigenvalue weighted by Crippen LogP contribution is 2.14. The zero-order valence-corrected chi connectivity index (χ0v) is 13.3. The van der Waals surface area contributed by atoms with Gasteiger partial charge in [0.05, 0.1) is 12.2 Å². The average molecular weight is 302 g/mol. The van der Waals surface area contributed by atoms with E-state index in [1.807, 2.05) is 44.2 Å². The minimum atomic E-state index is 0.0941. The fraction of sp³-hybridized carbons (Fsp3) is 0.412. The molecule has 0 N–H and O–H groups in total. The second-order valence-corrected chi connectivity index (χ2v) is 5.28. The summed E-state index contributed by atoms with van der Waals surface area (Å²) < 4.78 is 10.7. The van der Waals surface area contributed by atoms with Gasteiger partial charge in [-0.25, -0.2) is 0 Å². The fourth-order valence-electron chi connectivity index (χ4n) is 2.22. The summed E-state index contributed by atoms with van der Waals surface area (Å²) >= 11 is 0. The molecule has 1 amide bonds. The van der Waals surface area contributed by atoms with Gasteiger partial charge in [-0.2, -0.15) is 0 Å². The molecule has 2 rings (SSSR count). The summed E-state index contributed by atoms with van der Waals surface area (Å²) in [7, 11) is 1.80. The maximum Gasteiger partial charge on any atom is 0.222 e. The Labute approximate surface area is 130 Å². The standard InChI is InChI=1S/C17H22N2O3/c1-13-16(14(2)22-18-13)9-10-17(20)19(3)11-12-21-15-7-5-4-6-8-15/h4-8H,9-12H2,1-3H3. The molecule has 118 valence electrons. The van der Waals surface area contributed by atoms with Gasteiger partial charge in [0.1, 0.15) is 18.1 Å². The highest BCUT2D eigenvalue weighted by molar-refractivity contribution is 5.76. The number of nitrogens with zero attached hydrogens (tertiary/aromatic N) is 2. The molecule has 2 aromatic rings. The molecule has 1 heterocycles. The van der Waals surface area contributed by atoms with Crippen molar-refractivity contribution in [2.24, 2.45) is 0 Å². The van der Waals surface area contributed by atoms with Crippen molar-refractivity contribution in [1.82, 2.24) is 10.1 Å². The van der Waals surface area contributed by atoms with Crippen LogP contribution in [0.1, 0.15) is 23.4 Å². The predicted molar refractivity (Wildman–Crippen MR) is 83.9 cm³/mol. The molecule has 0 aliphatic carbocycles. The van der Waals surface area contributed by atoms with Crippen molar-refractivity contribution < 1.29 is 14.1 Å². The van der Waals surface area contributed by atoms with Crippen LogP contribution in [0, 0.1) is 13.8 Å². The van der Waals surface area contributed by atoms with Crippen molar-refractivity contribution in [2.75, 3.05) is 20.2 Å². The van der Waals surface area contributed by atoms with Gasteiger partial charge in [-0.15, -0.1) is 0 Å². The Balaban J connectivity index is 1.73. The number of hydrogen-bond donors (Lipinski definition) is 0. The molecular weight excluding hydrogens is 280 g/mol. The van der Waals surface area contributed by atoms with E-state index in [0.29, 0.717) is 26.0 Å². The van der Waals surface area contributed by atoms with Crippen LogP contribution in [0.2, 0.25) is 0 Å². The van der Waals surface area contributed by atoms with Gasteiger partial charge in [0.2, 0.25) is 5.91 Å².